The highest BCUT2D eigenvalue weighted by Crippen LogP contribution is 2.26. The number of aryl methyl sites for hydroxylation is 1. The fourth-order valence-corrected chi connectivity index (χ4v) is 5.07. The molecule has 1 aliphatic heterocycles. The summed E-state index contributed by atoms with van der Waals surface area (Å²) in [5.41, 5.74) is 10.3. The normalized spacial score (nSPS) is 14.7. The highest BCUT2D eigenvalue weighted by molar-refractivity contribution is 6.07. The molecule has 0 spiro atoms. The average molecular weight is 527 g/mol. The van der Waals surface area contributed by atoms with Crippen LogP contribution in [0.2, 0.25) is 0 Å². The summed E-state index contributed by atoms with van der Waals surface area (Å²) in [5, 5.41) is 15.9. The Morgan fingerprint density at radius 2 is 2.05 bits per heavy atom. The zero-order valence-electron chi connectivity index (χ0n) is 21.9. The van der Waals surface area contributed by atoms with Gasteiger partial charge >= 0.3 is 0 Å². The van der Waals surface area contributed by atoms with E-state index in [1.54, 1.807) is 12.4 Å². The number of carbonyl (C=O) groups is 1. The van der Waals surface area contributed by atoms with Gasteiger partial charge in [0.15, 0.2) is 5.82 Å². The second-order valence-electron chi connectivity index (χ2n) is 9.97. The van der Waals surface area contributed by atoms with Gasteiger partial charge in [0.2, 0.25) is 5.95 Å². The van der Waals surface area contributed by atoms with Gasteiger partial charge in [-0.2, -0.15) is 10.1 Å². The topological polar surface area (TPSA) is 153 Å². The molecule has 5 heterocycles. The van der Waals surface area contributed by atoms with Gasteiger partial charge in [-0.05, 0) is 57.6 Å². The van der Waals surface area contributed by atoms with Crippen molar-refractivity contribution in [1.82, 2.24) is 40.1 Å². The van der Waals surface area contributed by atoms with Crippen LogP contribution < -0.4 is 16.4 Å². The van der Waals surface area contributed by atoms with Crippen molar-refractivity contribution in [2.75, 3.05) is 31.2 Å². The first kappa shape index (κ1) is 24.7. The van der Waals surface area contributed by atoms with Crippen molar-refractivity contribution in [2.45, 2.75) is 38.9 Å². The van der Waals surface area contributed by atoms with Crippen LogP contribution in [0.4, 0.5) is 11.8 Å². The summed E-state index contributed by atoms with van der Waals surface area (Å²) in [6.07, 6.45) is 5.30. The zero-order valence-corrected chi connectivity index (χ0v) is 21.9. The number of benzene rings is 1. The number of nitrogen functional groups attached to an aromatic ring is 1. The van der Waals surface area contributed by atoms with Crippen molar-refractivity contribution in [3.63, 3.8) is 0 Å². The third-order valence-electron chi connectivity index (χ3n) is 7.09. The van der Waals surface area contributed by atoms with E-state index in [0.717, 1.165) is 53.9 Å². The Labute approximate surface area is 224 Å². The van der Waals surface area contributed by atoms with E-state index in [1.165, 1.54) is 0 Å². The molecule has 1 aliphatic rings. The minimum atomic E-state index is -0.0721. The van der Waals surface area contributed by atoms with Gasteiger partial charge in [-0.25, -0.2) is 4.98 Å². The largest absolute Gasteiger partial charge is 0.368 e. The predicted octanol–water partition coefficient (Wildman–Crippen LogP) is 2.74. The van der Waals surface area contributed by atoms with Gasteiger partial charge in [-0.1, -0.05) is 17.3 Å². The Morgan fingerprint density at radius 1 is 1.21 bits per heavy atom. The monoisotopic (exact) mass is 526 g/mol. The number of pyridine rings is 1. The number of likely N-dealkylation sites (tertiary alicyclic amines) is 1. The number of carbonyl (C=O) groups excluding carboxylic acids is 1. The number of anilines is 2. The maximum atomic E-state index is 13.3. The molecule has 0 saturated carbocycles. The first-order chi connectivity index (χ1) is 18.9. The van der Waals surface area contributed by atoms with Gasteiger partial charge in [-0.3, -0.25) is 14.5 Å². The van der Waals surface area contributed by atoms with E-state index in [1.807, 2.05) is 41.9 Å². The molecular weight excluding hydrogens is 496 g/mol. The summed E-state index contributed by atoms with van der Waals surface area (Å²) in [4.78, 5) is 29.0. The van der Waals surface area contributed by atoms with Crippen molar-refractivity contribution in [3.8, 4) is 0 Å². The number of hydrogen-bond acceptors (Lipinski definition) is 10. The molecule has 12 heteroatoms. The first-order valence-corrected chi connectivity index (χ1v) is 13.0. The standard InChI is InChI=1S/C27H30N10O2/c1-16-12-19(35-39-16)13-30-25-24-22(33-27(28)34-25)14-31-37(24)15-17-5-6-21(20-4-3-9-29-23(17)20)26(38)32-18-7-10-36(2)11-8-18/h3-6,9,12,14,18H,7-8,10-11,13,15H2,1-2H3,(H,32,38)(H3,28,30,33,34). The Bertz CT molecular complexity index is 1650. The average Bonchev–Trinajstić information content (AvgIpc) is 3.54. The Hall–Kier alpha value is -4.58. The lowest BCUT2D eigenvalue weighted by atomic mass is 10.0. The number of aromatic nitrogens is 6. The van der Waals surface area contributed by atoms with E-state index in [0.29, 0.717) is 35.5 Å². The van der Waals surface area contributed by atoms with Crippen LogP contribution in [0.1, 0.15) is 40.2 Å². The molecule has 1 aromatic carbocycles. The summed E-state index contributed by atoms with van der Waals surface area (Å²) < 4.78 is 6.98. The molecule has 4 N–H and O–H groups in total. The molecule has 0 aliphatic carbocycles. The molecule has 4 aromatic heterocycles. The fourth-order valence-electron chi connectivity index (χ4n) is 5.07. The molecule has 1 fully saturated rings. The van der Waals surface area contributed by atoms with Crippen LogP contribution in [-0.4, -0.2) is 66.9 Å². The van der Waals surface area contributed by atoms with Crippen molar-refractivity contribution >= 4 is 39.6 Å². The number of rotatable bonds is 7. The maximum absolute atomic E-state index is 13.3. The molecule has 6 rings (SSSR count). The molecule has 39 heavy (non-hydrogen) atoms. The lowest BCUT2D eigenvalue weighted by Crippen LogP contribution is -2.43. The van der Waals surface area contributed by atoms with E-state index in [2.05, 4.69) is 47.8 Å². The smallest absolute Gasteiger partial charge is 0.252 e. The van der Waals surface area contributed by atoms with Crippen LogP contribution in [0.5, 0.6) is 0 Å². The van der Waals surface area contributed by atoms with Gasteiger partial charge in [0.1, 0.15) is 22.5 Å². The Kier molecular flexibility index (Phi) is 6.53. The van der Waals surface area contributed by atoms with Crippen LogP contribution in [0.25, 0.3) is 21.9 Å². The van der Waals surface area contributed by atoms with E-state index >= 15 is 0 Å². The van der Waals surface area contributed by atoms with Crippen LogP contribution in [0.3, 0.4) is 0 Å². The SMILES string of the molecule is Cc1cc(CNc2nc(N)nc3cnn(Cc4ccc(C(=O)NC5CCN(C)CC5)c5cccnc45)c23)no1. The lowest BCUT2D eigenvalue weighted by molar-refractivity contribution is 0.0918. The van der Waals surface area contributed by atoms with Gasteiger partial charge in [0, 0.05) is 29.3 Å². The molecule has 1 amide bonds. The van der Waals surface area contributed by atoms with Crippen molar-refractivity contribution in [1.29, 1.82) is 0 Å². The van der Waals surface area contributed by atoms with Crippen molar-refractivity contribution < 1.29 is 9.32 Å². The number of nitrogens with one attached hydrogen (secondary N) is 2. The van der Waals surface area contributed by atoms with E-state index in [4.69, 9.17) is 10.3 Å². The van der Waals surface area contributed by atoms with Crippen LogP contribution in [0.15, 0.2) is 47.2 Å². The number of nitrogens with zero attached hydrogens (tertiary/aromatic N) is 7. The first-order valence-electron chi connectivity index (χ1n) is 13.0. The Balaban J connectivity index is 1.30. The molecule has 0 unspecified atom stereocenters. The van der Waals surface area contributed by atoms with Crippen LogP contribution >= 0.6 is 0 Å². The van der Waals surface area contributed by atoms with Gasteiger partial charge in [-0.15, -0.1) is 0 Å². The lowest BCUT2D eigenvalue weighted by Gasteiger charge is -2.29. The molecule has 0 radical (unpaired) electrons. The number of hydrogen-bond donors (Lipinski definition) is 3. The van der Waals surface area contributed by atoms with Crippen LogP contribution in [0, 0.1) is 6.92 Å². The van der Waals surface area contributed by atoms with Crippen LogP contribution in [-0.2, 0) is 13.1 Å². The molecule has 0 bridgehead atoms. The molecule has 5 aromatic rings. The summed E-state index contributed by atoms with van der Waals surface area (Å²) in [7, 11) is 2.11. The number of amides is 1. The van der Waals surface area contributed by atoms with E-state index < -0.39 is 0 Å². The van der Waals surface area contributed by atoms with Crippen molar-refractivity contribution in [3.05, 3.63) is 65.3 Å². The third-order valence-corrected chi connectivity index (χ3v) is 7.09. The minimum Gasteiger partial charge on any atom is -0.368 e. The molecule has 200 valence electrons. The predicted molar refractivity (Wildman–Crippen MR) is 147 cm³/mol. The summed E-state index contributed by atoms with van der Waals surface area (Å²) >= 11 is 0. The van der Waals surface area contributed by atoms with Crippen molar-refractivity contribution in [2.24, 2.45) is 0 Å². The summed E-state index contributed by atoms with van der Waals surface area (Å²) in [5.74, 6) is 1.35. The quantitative estimate of drug-likeness (QED) is 0.288. The maximum Gasteiger partial charge on any atom is 0.252 e. The fraction of sp³-hybridized carbons (Fsp3) is 0.333. The molecule has 1 saturated heterocycles. The molecule has 12 nitrogen and oxygen atoms in total. The second-order valence-corrected chi connectivity index (χ2v) is 9.97. The molecular formula is C27H30N10O2. The second kappa shape index (κ2) is 10.3. The van der Waals surface area contributed by atoms with Gasteiger partial charge in [0.25, 0.3) is 5.91 Å². The third kappa shape index (κ3) is 5.10. The van der Waals surface area contributed by atoms with E-state index in [-0.39, 0.29) is 17.9 Å². The summed E-state index contributed by atoms with van der Waals surface area (Å²) in [6, 6.07) is 9.63. The number of piperidine rings is 1. The zero-order chi connectivity index (χ0) is 26.9. The van der Waals surface area contributed by atoms with Gasteiger partial charge in [0.05, 0.1) is 24.8 Å². The van der Waals surface area contributed by atoms with E-state index in [9.17, 15) is 4.79 Å². The highest BCUT2D eigenvalue weighted by Gasteiger charge is 2.21. The summed E-state index contributed by atoms with van der Waals surface area (Å²) in [6.45, 7) is 4.61. The van der Waals surface area contributed by atoms with Gasteiger partial charge < -0.3 is 25.8 Å². The highest BCUT2D eigenvalue weighted by atomic mass is 16.5. The minimum absolute atomic E-state index is 0.0721. The number of fused-ring (bicyclic) bond motifs is 2. The Morgan fingerprint density at radius 3 is 2.85 bits per heavy atom. The number of nitrogens with two attached hydrogens (primary N) is 1. The molecule has 0 atom stereocenters.